The molecule has 33 heavy (non-hydrogen) atoms. The second kappa shape index (κ2) is 8.83. The van der Waals surface area contributed by atoms with Gasteiger partial charge in [0.25, 0.3) is 5.91 Å². The molecule has 1 aromatic carbocycles. The number of hydrogen-bond acceptors (Lipinski definition) is 8. The van der Waals surface area contributed by atoms with E-state index in [4.69, 9.17) is 20.2 Å². The van der Waals surface area contributed by atoms with Gasteiger partial charge in [-0.25, -0.2) is 19.9 Å². The maximum Gasteiger partial charge on any atom is 0.251 e. The number of pyridine rings is 1. The lowest BCUT2D eigenvalue weighted by atomic mass is 9.94. The van der Waals surface area contributed by atoms with Gasteiger partial charge in [-0.1, -0.05) is 0 Å². The van der Waals surface area contributed by atoms with Crippen molar-refractivity contribution in [3.05, 3.63) is 59.7 Å². The Kier molecular flexibility index (Phi) is 5.57. The number of H-pyrrole nitrogens is 1. The number of benzene rings is 1. The van der Waals surface area contributed by atoms with E-state index in [1.807, 2.05) is 18.2 Å². The molecule has 0 fully saturated rings. The lowest BCUT2D eigenvalue weighted by Crippen LogP contribution is -2.27. The van der Waals surface area contributed by atoms with Crippen LogP contribution >= 0.6 is 0 Å². The largest absolute Gasteiger partial charge is 0.493 e. The van der Waals surface area contributed by atoms with Gasteiger partial charge in [-0.3, -0.25) is 4.79 Å². The average Bonchev–Trinajstić information content (AvgIpc) is 3.27. The minimum atomic E-state index is -0.136. The van der Waals surface area contributed by atoms with Gasteiger partial charge in [-0.05, 0) is 42.3 Å². The fourth-order valence-electron chi connectivity index (χ4n) is 3.86. The molecule has 1 amide bonds. The number of hydrogen-bond donors (Lipinski definition) is 3. The summed E-state index contributed by atoms with van der Waals surface area (Å²) < 4.78 is 10.9. The van der Waals surface area contributed by atoms with Crippen molar-refractivity contribution in [2.45, 2.75) is 12.3 Å². The van der Waals surface area contributed by atoms with Crippen LogP contribution in [-0.4, -0.2) is 57.7 Å². The standard InChI is InChI=1S/C23H23N7O3/c1-32-7-6-25-22(31)13-2-3-19-14(8-13)9-16(12-33-19)20-28-18-10-15(11-27-21(18)30-20)17-4-5-26-23(24)29-17/h2-5,8,10-11,16H,6-7,9,12H2,1H3,(H,25,31)(H2,24,26,29)(H,27,28,30). The van der Waals surface area contributed by atoms with Crippen LogP contribution in [0.1, 0.15) is 27.7 Å². The van der Waals surface area contributed by atoms with E-state index in [1.54, 1.807) is 31.6 Å². The summed E-state index contributed by atoms with van der Waals surface area (Å²) in [6.45, 7) is 1.41. The number of nitrogens with one attached hydrogen (secondary N) is 2. The molecule has 0 saturated carbocycles. The normalized spacial score (nSPS) is 15.1. The molecular weight excluding hydrogens is 422 g/mol. The Labute approximate surface area is 189 Å². The van der Waals surface area contributed by atoms with Crippen molar-refractivity contribution in [1.82, 2.24) is 30.2 Å². The van der Waals surface area contributed by atoms with Crippen molar-refractivity contribution in [2.24, 2.45) is 0 Å². The predicted octanol–water partition coefficient (Wildman–Crippen LogP) is 2.09. The molecule has 0 saturated heterocycles. The molecule has 10 heteroatoms. The maximum absolute atomic E-state index is 12.4. The van der Waals surface area contributed by atoms with Crippen LogP contribution < -0.4 is 15.8 Å². The lowest BCUT2D eigenvalue weighted by molar-refractivity contribution is 0.0937. The van der Waals surface area contributed by atoms with Gasteiger partial charge in [0.1, 0.15) is 17.1 Å². The van der Waals surface area contributed by atoms with Gasteiger partial charge >= 0.3 is 0 Å². The summed E-state index contributed by atoms with van der Waals surface area (Å²) in [7, 11) is 1.60. The summed E-state index contributed by atoms with van der Waals surface area (Å²) in [6, 6.07) is 9.19. The number of anilines is 1. The van der Waals surface area contributed by atoms with Crippen LogP contribution in [0.15, 0.2) is 42.7 Å². The number of imidazole rings is 1. The highest BCUT2D eigenvalue weighted by Gasteiger charge is 2.25. The number of nitrogen functional groups attached to an aromatic ring is 1. The molecule has 4 aromatic rings. The Morgan fingerprint density at radius 3 is 3.03 bits per heavy atom. The van der Waals surface area contributed by atoms with E-state index in [0.29, 0.717) is 43.1 Å². The van der Waals surface area contributed by atoms with Gasteiger partial charge in [-0.15, -0.1) is 0 Å². The fourth-order valence-corrected chi connectivity index (χ4v) is 3.86. The summed E-state index contributed by atoms with van der Waals surface area (Å²) >= 11 is 0. The highest BCUT2D eigenvalue weighted by molar-refractivity contribution is 5.94. The van der Waals surface area contributed by atoms with E-state index in [-0.39, 0.29) is 17.8 Å². The summed E-state index contributed by atoms with van der Waals surface area (Å²) in [5, 5.41) is 2.84. The van der Waals surface area contributed by atoms with Gasteiger partial charge in [0.15, 0.2) is 5.65 Å². The second-order valence-electron chi connectivity index (χ2n) is 7.80. The molecule has 1 atom stereocenters. The van der Waals surface area contributed by atoms with Crippen LogP contribution in [0.3, 0.4) is 0 Å². The van der Waals surface area contributed by atoms with Gasteiger partial charge in [0.2, 0.25) is 5.95 Å². The third kappa shape index (κ3) is 4.33. The minimum absolute atomic E-state index is 0.0108. The van der Waals surface area contributed by atoms with Crippen LogP contribution in [0.4, 0.5) is 5.95 Å². The Balaban J connectivity index is 1.37. The van der Waals surface area contributed by atoms with Crippen LogP contribution in [0.2, 0.25) is 0 Å². The number of methoxy groups -OCH3 is 1. The van der Waals surface area contributed by atoms with E-state index in [1.165, 1.54) is 0 Å². The Morgan fingerprint density at radius 2 is 2.18 bits per heavy atom. The first kappa shape index (κ1) is 20.8. The molecule has 5 rings (SSSR count). The third-order valence-electron chi connectivity index (χ3n) is 5.53. The van der Waals surface area contributed by atoms with E-state index >= 15 is 0 Å². The molecule has 10 nitrogen and oxygen atoms in total. The summed E-state index contributed by atoms with van der Waals surface area (Å²) in [4.78, 5) is 33.1. The maximum atomic E-state index is 12.4. The third-order valence-corrected chi connectivity index (χ3v) is 5.53. The monoisotopic (exact) mass is 445 g/mol. The number of nitrogens with zero attached hydrogens (tertiary/aromatic N) is 4. The number of fused-ring (bicyclic) bond motifs is 2. The fraction of sp³-hybridized carbons (Fsp3) is 0.261. The van der Waals surface area contributed by atoms with E-state index < -0.39 is 0 Å². The molecule has 168 valence electrons. The Bertz CT molecular complexity index is 1320. The van der Waals surface area contributed by atoms with Gasteiger partial charge < -0.3 is 25.5 Å². The van der Waals surface area contributed by atoms with Gasteiger partial charge in [0.05, 0.1) is 24.8 Å². The zero-order valence-electron chi connectivity index (χ0n) is 18.0. The molecule has 1 aliphatic rings. The minimum Gasteiger partial charge on any atom is -0.493 e. The number of rotatable bonds is 6. The van der Waals surface area contributed by atoms with Crippen molar-refractivity contribution >= 4 is 23.0 Å². The molecule has 4 N–H and O–H groups in total. The highest BCUT2D eigenvalue weighted by atomic mass is 16.5. The summed E-state index contributed by atoms with van der Waals surface area (Å²) in [5.74, 6) is 1.66. The van der Waals surface area contributed by atoms with Crippen LogP contribution in [0.5, 0.6) is 5.75 Å². The highest BCUT2D eigenvalue weighted by Crippen LogP contribution is 2.33. The average molecular weight is 445 g/mol. The zero-order chi connectivity index (χ0) is 22.8. The number of ether oxygens (including phenoxy) is 2. The topological polar surface area (TPSA) is 141 Å². The Hall–Kier alpha value is -4.05. The number of amides is 1. The summed E-state index contributed by atoms with van der Waals surface area (Å²) in [5.41, 5.74) is 10.2. The molecule has 1 unspecified atom stereocenters. The van der Waals surface area contributed by atoms with E-state index in [0.717, 1.165) is 28.2 Å². The molecular formula is C23H23N7O3. The van der Waals surface area contributed by atoms with Crippen LogP contribution in [0.25, 0.3) is 22.4 Å². The van der Waals surface area contributed by atoms with Crippen molar-refractivity contribution in [2.75, 3.05) is 32.6 Å². The number of aromatic nitrogens is 5. The smallest absolute Gasteiger partial charge is 0.251 e. The van der Waals surface area contributed by atoms with Gasteiger partial charge in [0, 0.05) is 37.2 Å². The first-order valence-corrected chi connectivity index (χ1v) is 10.6. The van der Waals surface area contributed by atoms with Crippen molar-refractivity contribution in [1.29, 1.82) is 0 Å². The number of nitrogens with two attached hydrogens (primary N) is 1. The molecule has 0 bridgehead atoms. The van der Waals surface area contributed by atoms with Crippen LogP contribution in [-0.2, 0) is 11.2 Å². The van der Waals surface area contributed by atoms with Gasteiger partial charge in [-0.2, -0.15) is 0 Å². The number of carbonyl (C=O) groups is 1. The molecule has 0 aliphatic carbocycles. The van der Waals surface area contributed by atoms with Crippen molar-refractivity contribution in [3.8, 4) is 17.0 Å². The van der Waals surface area contributed by atoms with Crippen LogP contribution in [0, 0.1) is 0 Å². The summed E-state index contributed by atoms with van der Waals surface area (Å²) in [6.07, 6.45) is 4.04. The lowest BCUT2D eigenvalue weighted by Gasteiger charge is -2.24. The molecule has 0 spiro atoms. The number of aromatic amines is 1. The molecule has 1 aliphatic heterocycles. The molecule has 0 radical (unpaired) electrons. The number of carbonyl (C=O) groups excluding carboxylic acids is 1. The van der Waals surface area contributed by atoms with E-state index in [9.17, 15) is 4.79 Å². The Morgan fingerprint density at radius 1 is 1.27 bits per heavy atom. The SMILES string of the molecule is COCCNC(=O)c1ccc2c(c1)CC(c1nc3cc(-c4ccnc(N)n4)cnc3[nH]1)CO2. The van der Waals surface area contributed by atoms with Crippen molar-refractivity contribution in [3.63, 3.8) is 0 Å². The second-order valence-corrected chi connectivity index (χ2v) is 7.80. The predicted molar refractivity (Wildman–Crippen MR) is 122 cm³/mol. The first-order valence-electron chi connectivity index (χ1n) is 10.6. The molecule has 4 heterocycles. The quantitative estimate of drug-likeness (QED) is 0.383. The van der Waals surface area contributed by atoms with Crippen molar-refractivity contribution < 1.29 is 14.3 Å². The first-order chi connectivity index (χ1) is 16.1. The molecule has 3 aromatic heterocycles. The van der Waals surface area contributed by atoms with E-state index in [2.05, 4.69) is 25.3 Å². The zero-order valence-corrected chi connectivity index (χ0v) is 18.0.